The van der Waals surface area contributed by atoms with E-state index in [1.165, 1.54) is 0 Å². The Hall–Kier alpha value is -4.74. The fraction of sp³-hybridized carbons (Fsp3) is 0.562. The molecule has 36 nitrogen and oxygen atoms in total. The molecule has 0 radical (unpaired) electrons. The van der Waals surface area contributed by atoms with Gasteiger partial charge in [-0.2, -0.15) is 0 Å². The van der Waals surface area contributed by atoms with E-state index in [0.717, 1.165) is 19.6 Å². The quantitative estimate of drug-likeness (QED) is 0.0278. The van der Waals surface area contributed by atoms with E-state index in [1.54, 1.807) is 0 Å². The zero-order valence-electron chi connectivity index (χ0n) is 41.0. The van der Waals surface area contributed by atoms with Crippen molar-refractivity contribution in [3.63, 3.8) is 0 Å². The Morgan fingerprint density at radius 2 is 0.380 bits per heavy atom. The molecule has 0 saturated carbocycles. The average Bonchev–Trinajstić information content (AvgIpc) is 3.06. The van der Waals surface area contributed by atoms with Gasteiger partial charge in [0, 0.05) is 26.2 Å². The van der Waals surface area contributed by atoms with Crippen LogP contribution in [-0.4, -0.2) is 286 Å². The number of hydrogen-bond donors (Lipinski definition) is 16. The third kappa shape index (κ3) is 54.4. The Kier molecular flexibility index (Phi) is 54.7. The average molecular weight is 1080 g/mol. The predicted molar refractivity (Wildman–Crippen MR) is 212 cm³/mol. The van der Waals surface area contributed by atoms with Crippen molar-refractivity contribution in [2.45, 2.75) is 36.9 Å². The van der Waals surface area contributed by atoms with Gasteiger partial charge in [0.2, 0.25) is 0 Å². The number of nitrogens with zero attached hydrogens (tertiary/aromatic N) is 4. The second-order valence-electron chi connectivity index (χ2n) is 12.9. The summed E-state index contributed by atoms with van der Waals surface area (Å²) in [6, 6.07) is 0. The molecule has 0 heterocycles. The van der Waals surface area contributed by atoms with Gasteiger partial charge >= 0.3 is 172 Å². The molecule has 0 spiro atoms. The Morgan fingerprint density at radius 1 is 0.268 bits per heavy atom. The number of hydrogen-bond acceptors (Lipinski definition) is 20. The molecule has 0 aromatic rings. The van der Waals surface area contributed by atoms with Gasteiger partial charge in [0.05, 0.1) is 78.0 Å². The van der Waals surface area contributed by atoms with Crippen molar-refractivity contribution >= 4 is 83.6 Å². The summed E-state index contributed by atoms with van der Waals surface area (Å²) in [4.78, 5) is 150. The van der Waals surface area contributed by atoms with E-state index >= 15 is 0 Å². The molecule has 0 bridgehead atoms. The molecule has 0 saturated heterocycles. The molecule has 0 aromatic heterocycles. The number of carbonyl (C=O) groups is 14. The summed E-state index contributed by atoms with van der Waals surface area (Å²) in [5.74, 6) is -19.9. The standard InChI is InChI=1S/2C10H16N2O8.2C6H8O7.3Na.2H2O.3H/c2*13-7(14)3-11(4-8(15)16)1-2-12(5-9(17)18)6-10(19)20;2*7-3(8)1-6(13,5(11)12)2-4(9)10;;;;;;;;/h2*1-6H2,(H,13,14)(H,15,16)(H,17,18)(H,19,20);2*13H,1-2H2,(H,7,8)(H,9,10)(H,11,12);;;;2*1H2;;;/q;;;;3*+1;;;3*-1. The zero-order chi connectivity index (χ0) is 52.7. The zero-order valence-corrected chi connectivity index (χ0v) is 44.0. The van der Waals surface area contributed by atoms with Gasteiger partial charge in [-0.05, 0) is 0 Å². The van der Waals surface area contributed by atoms with Crippen molar-refractivity contribution < 1.29 is 253 Å². The Labute approximate surface area is 468 Å². The van der Waals surface area contributed by atoms with E-state index in [4.69, 9.17) is 81.7 Å². The van der Waals surface area contributed by atoms with Crippen LogP contribution >= 0.6 is 0 Å². The number of aliphatic carboxylic acids is 14. The number of aliphatic hydroxyl groups is 2. The molecule has 20 N–H and O–H groups in total. The molecule has 39 heteroatoms. The summed E-state index contributed by atoms with van der Waals surface area (Å²) >= 11 is 0. The molecule has 0 unspecified atom stereocenters. The molecule has 0 amide bonds. The molecule has 0 fully saturated rings. The molecule has 0 aliphatic heterocycles. The minimum absolute atomic E-state index is 0. The first-order valence-electron chi connectivity index (χ1n) is 17.4. The van der Waals surface area contributed by atoms with Crippen molar-refractivity contribution in [2.24, 2.45) is 0 Å². The van der Waals surface area contributed by atoms with Gasteiger partial charge in [0.25, 0.3) is 0 Å². The molecule has 0 aliphatic carbocycles. The summed E-state index contributed by atoms with van der Waals surface area (Å²) in [7, 11) is 0. The minimum Gasteiger partial charge on any atom is -1.00 e. The maximum atomic E-state index is 10.6. The van der Waals surface area contributed by atoms with Gasteiger partial charge in [0.1, 0.15) is 0 Å². The molecule has 0 aliphatic rings. The molecular formula is C32H55N4Na3O32. The van der Waals surface area contributed by atoms with E-state index in [-0.39, 0.29) is 130 Å². The van der Waals surface area contributed by atoms with Gasteiger partial charge in [-0.15, -0.1) is 0 Å². The van der Waals surface area contributed by atoms with Crippen LogP contribution < -0.4 is 88.7 Å². The SMILES string of the molecule is O.O.O=C(O)CC(O)(CC(=O)O)C(=O)O.O=C(O)CC(O)(CC(=O)O)C(=O)O.O=C(O)CN(CCN(CC(=O)O)CC(=O)O)CC(=O)O.O=C(O)CN(CCN(CC(=O)O)CC(=O)O)CC(=O)O.[H-].[H-].[H-].[Na+].[Na+].[Na+]. The molecule has 71 heavy (non-hydrogen) atoms. The molecule has 0 rings (SSSR count). The van der Waals surface area contributed by atoms with Crippen LogP contribution in [0, 0.1) is 0 Å². The van der Waals surface area contributed by atoms with Gasteiger partial charge in [-0.1, -0.05) is 0 Å². The first-order chi connectivity index (χ1) is 30.0. The number of carboxylic acid groups (broad SMARTS) is 14. The van der Waals surface area contributed by atoms with Crippen molar-refractivity contribution in [3.05, 3.63) is 0 Å². The predicted octanol–water partition coefficient (Wildman–Crippen LogP) is -16.9. The first-order valence-corrected chi connectivity index (χ1v) is 17.4. The third-order valence-corrected chi connectivity index (χ3v) is 6.91. The summed E-state index contributed by atoms with van der Waals surface area (Å²) in [6.07, 6.45) is -4.58. The van der Waals surface area contributed by atoms with Crippen LogP contribution in [0.3, 0.4) is 0 Å². The van der Waals surface area contributed by atoms with Crippen LogP contribution in [-0.2, 0) is 67.1 Å². The molecule has 0 atom stereocenters. The van der Waals surface area contributed by atoms with Crippen LogP contribution in [0.25, 0.3) is 0 Å². The van der Waals surface area contributed by atoms with Gasteiger partial charge in [-0.25, -0.2) is 9.59 Å². The van der Waals surface area contributed by atoms with Gasteiger partial charge in [0.15, 0.2) is 11.2 Å². The largest absolute Gasteiger partial charge is 1.00 e. The number of carboxylic acids is 14. The molecular weight excluding hydrogens is 1020 g/mol. The third-order valence-electron chi connectivity index (χ3n) is 6.91. The van der Waals surface area contributed by atoms with E-state index in [0.29, 0.717) is 0 Å². The van der Waals surface area contributed by atoms with Gasteiger partial charge < -0.3 is 96.9 Å². The monoisotopic (exact) mass is 1080 g/mol. The van der Waals surface area contributed by atoms with Crippen molar-refractivity contribution in [1.29, 1.82) is 0 Å². The van der Waals surface area contributed by atoms with Crippen molar-refractivity contribution in [3.8, 4) is 0 Å². The summed E-state index contributed by atoms with van der Waals surface area (Å²) < 4.78 is 0. The first kappa shape index (κ1) is 86.1. The van der Waals surface area contributed by atoms with E-state index in [9.17, 15) is 67.1 Å². The fourth-order valence-electron chi connectivity index (χ4n) is 4.38. The number of rotatable bonds is 32. The molecule has 0 aromatic carbocycles. The van der Waals surface area contributed by atoms with E-state index in [2.05, 4.69) is 0 Å². The topological polar surface area (TPSA) is 639 Å². The second kappa shape index (κ2) is 45.1. The maximum Gasteiger partial charge on any atom is 1.00 e. The van der Waals surface area contributed by atoms with Crippen molar-refractivity contribution in [1.82, 2.24) is 19.6 Å². The second-order valence-corrected chi connectivity index (χ2v) is 12.9. The van der Waals surface area contributed by atoms with Crippen LogP contribution in [0.4, 0.5) is 0 Å². The fourth-order valence-corrected chi connectivity index (χ4v) is 4.38. The van der Waals surface area contributed by atoms with E-state index < -0.39 is 173 Å². The Balaban J connectivity index is -0.0000000680. The maximum absolute atomic E-state index is 10.6. The molecule has 398 valence electrons. The summed E-state index contributed by atoms with van der Waals surface area (Å²) in [6.45, 7) is -4.50. The van der Waals surface area contributed by atoms with Crippen LogP contribution in [0.2, 0.25) is 0 Å². The summed E-state index contributed by atoms with van der Waals surface area (Å²) in [5.41, 5.74) is -5.48. The van der Waals surface area contributed by atoms with Crippen LogP contribution in [0.15, 0.2) is 0 Å². The van der Waals surface area contributed by atoms with E-state index in [1.807, 2.05) is 0 Å². The van der Waals surface area contributed by atoms with Crippen LogP contribution in [0.1, 0.15) is 30.0 Å². The Bertz CT molecular complexity index is 1490. The smallest absolute Gasteiger partial charge is 1.00 e. The van der Waals surface area contributed by atoms with Gasteiger partial charge in [-0.3, -0.25) is 77.1 Å². The summed E-state index contributed by atoms with van der Waals surface area (Å²) in [5, 5.41) is 137. The Morgan fingerprint density at radius 3 is 0.451 bits per heavy atom. The van der Waals surface area contributed by atoms with Crippen LogP contribution in [0.5, 0.6) is 0 Å². The normalized spacial score (nSPS) is 10.0. The van der Waals surface area contributed by atoms with Crippen molar-refractivity contribution in [2.75, 3.05) is 78.5 Å². The minimum atomic E-state index is -2.74.